The smallest absolute Gasteiger partial charge is 0.345 e. The lowest BCUT2D eigenvalue weighted by molar-refractivity contribution is -0.138. The lowest BCUT2D eigenvalue weighted by atomic mass is 10.1. The van der Waals surface area contributed by atoms with Crippen LogP contribution < -0.4 is 5.32 Å². The van der Waals surface area contributed by atoms with Crippen molar-refractivity contribution in [1.29, 1.82) is 0 Å². The van der Waals surface area contributed by atoms with Crippen molar-refractivity contribution in [2.24, 2.45) is 0 Å². The lowest BCUT2D eigenvalue weighted by Gasteiger charge is -2.26. The van der Waals surface area contributed by atoms with Crippen molar-refractivity contribution in [2.75, 3.05) is 0 Å². The van der Waals surface area contributed by atoms with Crippen LogP contribution in [0.3, 0.4) is 0 Å². The number of carbonyl (C=O) groups is 2. The molecule has 0 spiro atoms. The van der Waals surface area contributed by atoms with E-state index in [9.17, 15) is 22.8 Å². The first-order chi connectivity index (χ1) is 10.7. The summed E-state index contributed by atoms with van der Waals surface area (Å²) in [4.78, 5) is 25.1. The van der Waals surface area contributed by atoms with Gasteiger partial charge in [-0.15, -0.1) is 0 Å². The number of nitrogens with one attached hydrogen (secondary N) is 1. The number of nitrogens with zero attached hydrogens (tertiary/aromatic N) is 1. The van der Waals surface area contributed by atoms with E-state index in [1.807, 2.05) is 0 Å². The third kappa shape index (κ3) is 4.71. The molecular weight excluding hydrogens is 309 g/mol. The predicted molar refractivity (Wildman–Crippen MR) is 78.3 cm³/mol. The number of alkyl halides is 3. The second-order valence-electron chi connectivity index (χ2n) is 5.81. The fourth-order valence-corrected chi connectivity index (χ4v) is 2.38. The number of benzene rings is 1. The largest absolute Gasteiger partial charge is 0.416 e. The Morgan fingerprint density at radius 3 is 2.26 bits per heavy atom. The summed E-state index contributed by atoms with van der Waals surface area (Å²) >= 11 is 0. The number of amides is 2. The number of halogens is 3. The minimum absolute atomic E-state index is 0.0981. The molecule has 0 radical (unpaired) electrons. The van der Waals surface area contributed by atoms with Crippen LogP contribution in [-0.2, 0) is 22.3 Å². The molecule has 1 aliphatic rings. The van der Waals surface area contributed by atoms with Gasteiger partial charge < -0.3 is 10.2 Å². The van der Waals surface area contributed by atoms with Gasteiger partial charge in [0.2, 0.25) is 11.8 Å². The molecule has 1 fully saturated rings. The number of carbonyl (C=O) groups excluding carboxylic acids is 2. The molecule has 0 aromatic heterocycles. The van der Waals surface area contributed by atoms with Crippen molar-refractivity contribution in [2.45, 2.75) is 51.5 Å². The Bertz CT molecular complexity index is 580. The molecule has 0 bridgehead atoms. The second-order valence-corrected chi connectivity index (χ2v) is 5.81. The highest BCUT2D eigenvalue weighted by Gasteiger charge is 2.35. The summed E-state index contributed by atoms with van der Waals surface area (Å²) in [7, 11) is 0. The molecule has 1 aromatic rings. The van der Waals surface area contributed by atoms with Crippen LogP contribution in [0.2, 0.25) is 0 Å². The maximum absolute atomic E-state index is 12.6. The molecule has 1 unspecified atom stereocenters. The van der Waals surface area contributed by atoms with Crippen LogP contribution >= 0.6 is 0 Å². The zero-order valence-electron chi connectivity index (χ0n) is 13.0. The predicted octanol–water partition coefficient (Wildman–Crippen LogP) is 2.72. The molecule has 7 heteroatoms. The highest BCUT2D eigenvalue weighted by Crippen LogP contribution is 2.31. The molecule has 126 valence electrons. The monoisotopic (exact) mass is 328 g/mol. The Morgan fingerprint density at radius 2 is 1.83 bits per heavy atom. The third-order valence-electron chi connectivity index (χ3n) is 3.70. The molecule has 1 aliphatic carbocycles. The van der Waals surface area contributed by atoms with E-state index in [4.69, 9.17) is 0 Å². The van der Waals surface area contributed by atoms with E-state index in [-0.39, 0.29) is 24.4 Å². The minimum atomic E-state index is -4.37. The fraction of sp³-hybridized carbons (Fsp3) is 0.500. The molecule has 1 saturated carbocycles. The maximum atomic E-state index is 12.6. The van der Waals surface area contributed by atoms with Crippen molar-refractivity contribution in [3.05, 3.63) is 35.4 Å². The van der Waals surface area contributed by atoms with E-state index in [1.165, 1.54) is 19.1 Å². The summed E-state index contributed by atoms with van der Waals surface area (Å²) in [5.41, 5.74) is -0.0783. The molecule has 1 aromatic carbocycles. The highest BCUT2D eigenvalue weighted by atomic mass is 19.4. The molecule has 0 aliphatic heterocycles. The summed E-state index contributed by atoms with van der Waals surface area (Å²) in [6, 6.07) is 4.25. The standard InChI is InChI=1S/C16H19F3N2O2/c1-10(20-11(2)22)15(23)21(14-7-8-14)9-12-3-5-13(6-4-12)16(17,18)19/h3-6,10,14H,7-9H2,1-2H3,(H,20,22). The maximum Gasteiger partial charge on any atom is 0.416 e. The summed E-state index contributed by atoms with van der Waals surface area (Å²) in [6.07, 6.45) is -2.62. The van der Waals surface area contributed by atoms with Crippen LogP contribution in [0.1, 0.15) is 37.8 Å². The van der Waals surface area contributed by atoms with E-state index in [0.29, 0.717) is 5.56 Å². The van der Waals surface area contributed by atoms with Crippen molar-refractivity contribution in [1.82, 2.24) is 10.2 Å². The molecule has 4 nitrogen and oxygen atoms in total. The van der Waals surface area contributed by atoms with Crippen LogP contribution in [0, 0.1) is 0 Å². The Labute approximate surface area is 132 Å². The van der Waals surface area contributed by atoms with Crippen molar-refractivity contribution < 1.29 is 22.8 Å². The van der Waals surface area contributed by atoms with Crippen LogP contribution in [0.15, 0.2) is 24.3 Å². The molecule has 0 heterocycles. The average molecular weight is 328 g/mol. The molecule has 0 saturated heterocycles. The van der Waals surface area contributed by atoms with Gasteiger partial charge in [-0.1, -0.05) is 12.1 Å². The van der Waals surface area contributed by atoms with Gasteiger partial charge in [0.05, 0.1) is 5.56 Å². The normalized spacial score (nSPS) is 15.9. The molecule has 23 heavy (non-hydrogen) atoms. The van der Waals surface area contributed by atoms with Gasteiger partial charge in [-0.25, -0.2) is 0 Å². The van der Waals surface area contributed by atoms with Gasteiger partial charge >= 0.3 is 6.18 Å². The summed E-state index contributed by atoms with van der Waals surface area (Å²) in [6.45, 7) is 3.18. The van der Waals surface area contributed by atoms with E-state index in [0.717, 1.165) is 25.0 Å². The molecule has 1 atom stereocenters. The number of rotatable bonds is 5. The third-order valence-corrected chi connectivity index (χ3v) is 3.70. The van der Waals surface area contributed by atoms with Gasteiger partial charge in [0, 0.05) is 19.5 Å². The van der Waals surface area contributed by atoms with Gasteiger partial charge in [0.15, 0.2) is 0 Å². The van der Waals surface area contributed by atoms with Gasteiger partial charge in [0.1, 0.15) is 6.04 Å². The number of hydrogen-bond donors (Lipinski definition) is 1. The molecule has 1 N–H and O–H groups in total. The highest BCUT2D eigenvalue weighted by molar-refractivity contribution is 5.86. The lowest BCUT2D eigenvalue weighted by Crippen LogP contribution is -2.46. The Morgan fingerprint density at radius 1 is 1.26 bits per heavy atom. The number of hydrogen-bond acceptors (Lipinski definition) is 2. The Kier molecular flexibility index (Phi) is 4.97. The SMILES string of the molecule is CC(=O)NC(C)C(=O)N(Cc1ccc(C(F)(F)F)cc1)C1CC1. The Hall–Kier alpha value is -2.05. The second kappa shape index (κ2) is 6.60. The summed E-state index contributed by atoms with van der Waals surface area (Å²) < 4.78 is 37.7. The van der Waals surface area contributed by atoms with Crippen LogP contribution in [0.5, 0.6) is 0 Å². The first kappa shape index (κ1) is 17.3. The van der Waals surface area contributed by atoms with Gasteiger partial charge in [-0.2, -0.15) is 13.2 Å². The van der Waals surface area contributed by atoms with E-state index in [1.54, 1.807) is 11.8 Å². The van der Waals surface area contributed by atoms with Gasteiger partial charge in [-0.05, 0) is 37.5 Å². The quantitative estimate of drug-likeness (QED) is 0.903. The van der Waals surface area contributed by atoms with E-state index in [2.05, 4.69) is 5.32 Å². The first-order valence-corrected chi connectivity index (χ1v) is 7.42. The van der Waals surface area contributed by atoms with Crippen LogP contribution in [-0.4, -0.2) is 28.8 Å². The van der Waals surface area contributed by atoms with Crippen molar-refractivity contribution in [3.63, 3.8) is 0 Å². The topological polar surface area (TPSA) is 49.4 Å². The van der Waals surface area contributed by atoms with Crippen LogP contribution in [0.4, 0.5) is 13.2 Å². The molecule has 2 amide bonds. The Balaban J connectivity index is 2.08. The van der Waals surface area contributed by atoms with E-state index < -0.39 is 17.8 Å². The van der Waals surface area contributed by atoms with Crippen molar-refractivity contribution in [3.8, 4) is 0 Å². The summed E-state index contributed by atoms with van der Waals surface area (Å²) in [5.74, 6) is -0.515. The minimum Gasteiger partial charge on any atom is -0.345 e. The van der Waals surface area contributed by atoms with Gasteiger partial charge in [0.25, 0.3) is 0 Å². The molecule has 2 rings (SSSR count). The fourth-order valence-electron chi connectivity index (χ4n) is 2.38. The zero-order valence-corrected chi connectivity index (χ0v) is 13.0. The summed E-state index contributed by atoms with van der Waals surface area (Å²) in [5, 5.41) is 2.54. The molecular formula is C16H19F3N2O2. The van der Waals surface area contributed by atoms with E-state index >= 15 is 0 Å². The van der Waals surface area contributed by atoms with Crippen LogP contribution in [0.25, 0.3) is 0 Å². The zero-order chi connectivity index (χ0) is 17.2. The van der Waals surface area contributed by atoms with Gasteiger partial charge in [-0.3, -0.25) is 9.59 Å². The average Bonchev–Trinajstić information content (AvgIpc) is 3.27. The first-order valence-electron chi connectivity index (χ1n) is 7.42. The van der Waals surface area contributed by atoms with Crippen molar-refractivity contribution >= 4 is 11.8 Å².